The highest BCUT2D eigenvalue weighted by Gasteiger charge is 2.47. The van der Waals surface area contributed by atoms with Crippen molar-refractivity contribution in [1.82, 2.24) is 9.88 Å². The van der Waals surface area contributed by atoms with Gasteiger partial charge >= 0.3 is 0 Å². The van der Waals surface area contributed by atoms with Crippen LogP contribution in [0.15, 0.2) is 85.2 Å². The van der Waals surface area contributed by atoms with Crippen LogP contribution in [0.3, 0.4) is 0 Å². The van der Waals surface area contributed by atoms with Crippen molar-refractivity contribution in [2.45, 2.75) is 44.2 Å². The Bertz CT molecular complexity index is 1000. The molecule has 1 aliphatic carbocycles. The average Bonchev–Trinajstić information content (AvgIpc) is 2.84. The third kappa shape index (κ3) is 4.66. The minimum Gasteiger partial charge on any atom is -0.324 e. The van der Waals surface area contributed by atoms with Gasteiger partial charge in [0.2, 0.25) is 5.91 Å². The number of carbonyl (C=O) groups excluding carboxylic acids is 2. The van der Waals surface area contributed by atoms with Crippen LogP contribution in [-0.4, -0.2) is 27.2 Å². The third-order valence-corrected chi connectivity index (χ3v) is 5.98. The molecule has 0 atom stereocenters. The van der Waals surface area contributed by atoms with E-state index in [1.165, 1.54) is 0 Å². The summed E-state index contributed by atoms with van der Waals surface area (Å²) in [5.41, 5.74) is 1.33. The van der Waals surface area contributed by atoms with Crippen LogP contribution in [0.1, 0.15) is 48.0 Å². The summed E-state index contributed by atoms with van der Waals surface area (Å²) in [6, 6.07) is 22.5. The van der Waals surface area contributed by atoms with Crippen LogP contribution in [0.5, 0.6) is 0 Å². The fraction of sp³-hybridized carbons (Fsp3) is 0.269. The van der Waals surface area contributed by atoms with Crippen molar-refractivity contribution in [2.75, 3.05) is 5.32 Å². The molecule has 0 bridgehead atoms. The molecule has 1 heterocycles. The molecular formula is C26H27N3O2. The number of rotatable bonds is 6. The molecule has 1 aliphatic rings. The lowest BCUT2D eigenvalue weighted by atomic mass is 9.78. The Morgan fingerprint density at radius 2 is 1.55 bits per heavy atom. The minimum absolute atomic E-state index is 0.119. The lowest BCUT2D eigenvalue weighted by Gasteiger charge is -2.45. The van der Waals surface area contributed by atoms with Gasteiger partial charge in [-0.15, -0.1) is 0 Å². The van der Waals surface area contributed by atoms with E-state index in [4.69, 9.17) is 0 Å². The van der Waals surface area contributed by atoms with Crippen LogP contribution in [0, 0.1) is 0 Å². The number of aromatic nitrogens is 1. The van der Waals surface area contributed by atoms with Gasteiger partial charge in [-0.2, -0.15) is 0 Å². The predicted octanol–water partition coefficient (Wildman–Crippen LogP) is 5.07. The van der Waals surface area contributed by atoms with E-state index >= 15 is 0 Å². The van der Waals surface area contributed by atoms with Gasteiger partial charge in [-0.25, -0.2) is 0 Å². The molecule has 5 nitrogen and oxygen atoms in total. The van der Waals surface area contributed by atoms with Gasteiger partial charge in [0, 0.05) is 30.2 Å². The Balaban J connectivity index is 1.74. The number of hydrogen-bond acceptors (Lipinski definition) is 3. The van der Waals surface area contributed by atoms with E-state index in [0.29, 0.717) is 24.9 Å². The van der Waals surface area contributed by atoms with E-state index in [1.807, 2.05) is 72.8 Å². The van der Waals surface area contributed by atoms with Crippen LogP contribution >= 0.6 is 0 Å². The fourth-order valence-corrected chi connectivity index (χ4v) is 4.35. The highest BCUT2D eigenvalue weighted by Crippen LogP contribution is 2.37. The van der Waals surface area contributed by atoms with E-state index in [0.717, 1.165) is 30.5 Å². The maximum atomic E-state index is 13.7. The summed E-state index contributed by atoms with van der Waals surface area (Å²) in [6.07, 6.45) is 7.65. The summed E-state index contributed by atoms with van der Waals surface area (Å²) in [5, 5.41) is 3.08. The van der Waals surface area contributed by atoms with Crippen LogP contribution in [0.2, 0.25) is 0 Å². The lowest BCUT2D eigenvalue weighted by molar-refractivity contribution is -0.129. The number of nitrogens with zero attached hydrogens (tertiary/aromatic N) is 2. The number of benzene rings is 2. The van der Waals surface area contributed by atoms with E-state index < -0.39 is 5.54 Å². The van der Waals surface area contributed by atoms with Gasteiger partial charge in [0.15, 0.2) is 0 Å². The topological polar surface area (TPSA) is 62.3 Å². The minimum atomic E-state index is -0.906. The first-order valence-electron chi connectivity index (χ1n) is 10.8. The maximum Gasteiger partial charge on any atom is 0.255 e. The Morgan fingerprint density at radius 1 is 0.871 bits per heavy atom. The monoisotopic (exact) mass is 413 g/mol. The SMILES string of the molecule is O=C(c1ccccc1)N(Cc1cccnc1)C1(C(=O)Nc2ccccc2)CCCCC1. The standard InChI is InChI=1S/C26H27N3O2/c30-24(22-12-4-1-5-13-22)29(20-21-11-10-18-27-19-21)26(16-8-3-9-17-26)25(31)28-23-14-6-2-7-15-23/h1-2,4-7,10-15,18-19H,3,8-9,16-17,20H2,(H,28,31). The van der Waals surface area contributed by atoms with Crippen molar-refractivity contribution in [1.29, 1.82) is 0 Å². The van der Waals surface area contributed by atoms with Crippen LogP contribution in [-0.2, 0) is 11.3 Å². The molecule has 0 spiro atoms. The molecule has 1 aromatic heterocycles. The highest BCUT2D eigenvalue weighted by molar-refractivity contribution is 6.03. The molecule has 158 valence electrons. The normalized spacial score (nSPS) is 15.1. The zero-order valence-corrected chi connectivity index (χ0v) is 17.5. The number of para-hydroxylation sites is 1. The molecule has 0 unspecified atom stereocenters. The third-order valence-electron chi connectivity index (χ3n) is 5.98. The van der Waals surface area contributed by atoms with E-state index in [2.05, 4.69) is 10.3 Å². The molecule has 0 saturated heterocycles. The van der Waals surface area contributed by atoms with Gasteiger partial charge < -0.3 is 10.2 Å². The quantitative estimate of drug-likeness (QED) is 0.614. The number of anilines is 1. The fourth-order valence-electron chi connectivity index (χ4n) is 4.35. The molecule has 3 aromatic rings. The molecular weight excluding hydrogens is 386 g/mol. The molecule has 1 saturated carbocycles. The first kappa shape index (κ1) is 20.8. The van der Waals surface area contributed by atoms with Gasteiger partial charge in [-0.3, -0.25) is 14.6 Å². The largest absolute Gasteiger partial charge is 0.324 e. The molecule has 5 heteroatoms. The van der Waals surface area contributed by atoms with Gasteiger partial charge in [0.05, 0.1) is 0 Å². The van der Waals surface area contributed by atoms with Gasteiger partial charge in [-0.05, 0) is 48.7 Å². The Morgan fingerprint density at radius 3 is 2.19 bits per heavy atom. The summed E-state index contributed by atoms with van der Waals surface area (Å²) >= 11 is 0. The van der Waals surface area contributed by atoms with E-state index in [-0.39, 0.29) is 11.8 Å². The smallest absolute Gasteiger partial charge is 0.255 e. The van der Waals surface area contributed by atoms with Gasteiger partial charge in [0.25, 0.3) is 5.91 Å². The first-order chi connectivity index (χ1) is 15.2. The van der Waals surface area contributed by atoms with Crippen molar-refractivity contribution in [2.24, 2.45) is 0 Å². The van der Waals surface area contributed by atoms with Crippen molar-refractivity contribution in [3.8, 4) is 0 Å². The molecule has 0 aliphatic heterocycles. The van der Waals surface area contributed by atoms with Gasteiger partial charge in [0.1, 0.15) is 5.54 Å². The molecule has 0 radical (unpaired) electrons. The van der Waals surface area contributed by atoms with Crippen molar-refractivity contribution < 1.29 is 9.59 Å². The second-order valence-corrected chi connectivity index (χ2v) is 8.03. The number of carbonyl (C=O) groups is 2. The summed E-state index contributed by atoms with van der Waals surface area (Å²) in [5.74, 6) is -0.249. The molecule has 31 heavy (non-hydrogen) atoms. The molecule has 2 amide bonds. The van der Waals surface area contributed by atoms with E-state index in [9.17, 15) is 9.59 Å². The molecule has 2 aromatic carbocycles. The van der Waals surface area contributed by atoms with Crippen LogP contribution in [0.25, 0.3) is 0 Å². The zero-order valence-electron chi connectivity index (χ0n) is 17.5. The summed E-state index contributed by atoms with van der Waals surface area (Å²) in [4.78, 5) is 33.5. The Hall–Kier alpha value is -3.47. The number of amides is 2. The Kier molecular flexibility index (Phi) is 6.41. The van der Waals surface area contributed by atoms with Crippen molar-refractivity contribution in [3.63, 3.8) is 0 Å². The van der Waals surface area contributed by atoms with Crippen molar-refractivity contribution >= 4 is 17.5 Å². The average molecular weight is 414 g/mol. The summed E-state index contributed by atoms with van der Waals surface area (Å²) in [6.45, 7) is 0.337. The number of hydrogen-bond donors (Lipinski definition) is 1. The van der Waals surface area contributed by atoms with Crippen molar-refractivity contribution in [3.05, 3.63) is 96.3 Å². The predicted molar refractivity (Wildman–Crippen MR) is 121 cm³/mol. The lowest BCUT2D eigenvalue weighted by Crippen LogP contribution is -2.59. The highest BCUT2D eigenvalue weighted by atomic mass is 16.2. The maximum absolute atomic E-state index is 13.7. The summed E-state index contributed by atoms with van der Waals surface area (Å²) < 4.78 is 0. The summed E-state index contributed by atoms with van der Waals surface area (Å²) in [7, 11) is 0. The number of nitrogens with one attached hydrogen (secondary N) is 1. The molecule has 4 rings (SSSR count). The van der Waals surface area contributed by atoms with E-state index in [1.54, 1.807) is 17.3 Å². The second kappa shape index (κ2) is 9.56. The van der Waals surface area contributed by atoms with Crippen LogP contribution in [0.4, 0.5) is 5.69 Å². The molecule has 1 N–H and O–H groups in total. The zero-order chi connectivity index (χ0) is 21.5. The van der Waals surface area contributed by atoms with Crippen LogP contribution < -0.4 is 5.32 Å². The molecule has 1 fully saturated rings. The first-order valence-corrected chi connectivity index (χ1v) is 10.8. The second-order valence-electron chi connectivity index (χ2n) is 8.03. The van der Waals surface area contributed by atoms with Gasteiger partial charge in [-0.1, -0.05) is 61.7 Å². The number of pyridine rings is 1. The Labute approximate surface area is 183 Å².